The zero-order chi connectivity index (χ0) is 20.4. The lowest BCUT2D eigenvalue weighted by molar-refractivity contribution is -0.138. The van der Waals surface area contributed by atoms with Crippen molar-refractivity contribution in [1.29, 1.82) is 0 Å². The maximum Gasteiger partial charge on any atom is 0.418 e. The molecule has 1 aliphatic rings. The number of alkyl halides is 3. The molecule has 0 aromatic carbocycles. The first-order valence-electron chi connectivity index (χ1n) is 9.27. The molecule has 27 heavy (non-hydrogen) atoms. The summed E-state index contributed by atoms with van der Waals surface area (Å²) >= 11 is 0. The van der Waals surface area contributed by atoms with E-state index in [1.807, 2.05) is 0 Å². The predicted octanol–water partition coefficient (Wildman–Crippen LogP) is 4.77. The maximum atomic E-state index is 13.3. The number of carbonyl (C=O) groups is 1. The van der Waals surface area contributed by atoms with E-state index in [0.29, 0.717) is 18.9 Å². The molecule has 152 valence electrons. The number of rotatable bonds is 3. The summed E-state index contributed by atoms with van der Waals surface area (Å²) in [5, 5.41) is 7.55. The van der Waals surface area contributed by atoms with Crippen LogP contribution in [0.2, 0.25) is 0 Å². The summed E-state index contributed by atoms with van der Waals surface area (Å²) in [6, 6.07) is 0.858. The average Bonchev–Trinajstić information content (AvgIpc) is 2.52. The molecule has 2 atom stereocenters. The average molecular weight is 387 g/mol. The van der Waals surface area contributed by atoms with E-state index in [-0.39, 0.29) is 23.9 Å². The van der Waals surface area contributed by atoms with Gasteiger partial charge in [-0.25, -0.2) is 4.79 Å². The van der Waals surface area contributed by atoms with Gasteiger partial charge in [0.2, 0.25) is 0 Å². The number of aromatic nitrogens is 2. The smallest absolute Gasteiger partial charge is 0.418 e. The molecule has 0 saturated carbocycles. The van der Waals surface area contributed by atoms with Crippen molar-refractivity contribution in [3.8, 4) is 0 Å². The Hall–Kier alpha value is -1.86. The first kappa shape index (κ1) is 21.4. The molecule has 0 unspecified atom stereocenters. The number of piperidine rings is 1. The largest absolute Gasteiger partial charge is 0.444 e. The van der Waals surface area contributed by atoms with Gasteiger partial charge in [0.25, 0.3) is 0 Å². The highest BCUT2D eigenvalue weighted by atomic mass is 19.4. The van der Waals surface area contributed by atoms with Gasteiger partial charge in [-0.05, 0) is 65.4 Å². The fourth-order valence-corrected chi connectivity index (χ4v) is 3.30. The minimum atomic E-state index is -4.47. The van der Waals surface area contributed by atoms with Crippen molar-refractivity contribution in [3.63, 3.8) is 0 Å². The normalized spacial score (nSPS) is 21.3. The molecule has 1 aromatic rings. The first-order chi connectivity index (χ1) is 12.4. The molecule has 0 spiro atoms. The van der Waals surface area contributed by atoms with Crippen molar-refractivity contribution < 1.29 is 22.7 Å². The molecule has 1 amide bonds. The van der Waals surface area contributed by atoms with Crippen molar-refractivity contribution in [2.45, 2.75) is 78.1 Å². The minimum absolute atomic E-state index is 0.0733. The van der Waals surface area contributed by atoms with Gasteiger partial charge in [-0.3, -0.25) is 0 Å². The number of ether oxygens (including phenoxy) is 1. The van der Waals surface area contributed by atoms with E-state index in [1.165, 1.54) is 6.92 Å². The van der Waals surface area contributed by atoms with E-state index >= 15 is 0 Å². The lowest BCUT2D eigenvalue weighted by atomic mass is 9.91. The van der Waals surface area contributed by atoms with Crippen molar-refractivity contribution >= 4 is 6.09 Å². The highest BCUT2D eigenvalue weighted by Crippen LogP contribution is 2.33. The van der Waals surface area contributed by atoms with Gasteiger partial charge in [0.05, 0.1) is 17.0 Å². The van der Waals surface area contributed by atoms with Crippen LogP contribution in [0.25, 0.3) is 0 Å². The van der Waals surface area contributed by atoms with Gasteiger partial charge in [0.15, 0.2) is 0 Å². The van der Waals surface area contributed by atoms with Gasteiger partial charge in [-0.15, -0.1) is 0 Å². The molecule has 5 nitrogen and oxygen atoms in total. The number of aryl methyl sites for hydroxylation is 2. The third kappa shape index (κ3) is 6.07. The van der Waals surface area contributed by atoms with Crippen LogP contribution in [0.1, 0.15) is 63.9 Å². The Bertz CT molecular complexity index is 671. The van der Waals surface area contributed by atoms with Crippen LogP contribution >= 0.6 is 0 Å². The van der Waals surface area contributed by atoms with Crippen LogP contribution in [0.5, 0.6) is 0 Å². The zero-order valence-electron chi connectivity index (χ0n) is 16.6. The predicted molar refractivity (Wildman–Crippen MR) is 95.2 cm³/mol. The van der Waals surface area contributed by atoms with Crippen molar-refractivity contribution in [3.05, 3.63) is 23.0 Å². The Labute approximate surface area is 158 Å². The van der Waals surface area contributed by atoms with E-state index in [4.69, 9.17) is 4.74 Å². The van der Waals surface area contributed by atoms with Crippen LogP contribution < -0.4 is 0 Å². The molecule has 1 saturated heterocycles. The van der Waals surface area contributed by atoms with Crippen LogP contribution in [0.15, 0.2) is 6.07 Å². The highest BCUT2D eigenvalue weighted by Gasteiger charge is 2.36. The van der Waals surface area contributed by atoms with Crippen molar-refractivity contribution in [2.75, 3.05) is 6.54 Å². The van der Waals surface area contributed by atoms with Crippen molar-refractivity contribution in [1.82, 2.24) is 15.1 Å². The van der Waals surface area contributed by atoms with E-state index < -0.39 is 23.4 Å². The number of likely N-dealkylation sites (tertiary alicyclic amines) is 1. The Balaban J connectivity index is 2.14. The van der Waals surface area contributed by atoms with Gasteiger partial charge in [0, 0.05) is 12.6 Å². The lowest BCUT2D eigenvalue weighted by Crippen LogP contribution is -2.48. The van der Waals surface area contributed by atoms with Crippen LogP contribution in [0.4, 0.5) is 18.0 Å². The standard InChI is InChI=1S/C19H28F3N3O2/c1-12-6-7-14(25(11-12)17(26)27-18(3,4)5)8-9-16-15(19(20,21)22)10-13(2)23-24-16/h10,12,14H,6-9,11H2,1-5H3/t12-,14-/m0/s1. The maximum absolute atomic E-state index is 13.3. The second-order valence-electron chi connectivity index (χ2n) is 8.35. The number of halogens is 3. The summed E-state index contributed by atoms with van der Waals surface area (Å²) in [7, 11) is 0. The van der Waals surface area contributed by atoms with E-state index in [1.54, 1.807) is 25.7 Å². The number of amides is 1. The Morgan fingerprint density at radius 3 is 2.52 bits per heavy atom. The van der Waals surface area contributed by atoms with E-state index in [9.17, 15) is 18.0 Å². The molecular weight excluding hydrogens is 359 g/mol. The summed E-state index contributed by atoms with van der Waals surface area (Å²) in [4.78, 5) is 14.2. The third-order valence-electron chi connectivity index (χ3n) is 4.58. The molecule has 2 rings (SSSR count). The molecule has 8 heteroatoms. The molecule has 0 bridgehead atoms. The minimum Gasteiger partial charge on any atom is -0.444 e. The number of nitrogens with zero attached hydrogens (tertiary/aromatic N) is 3. The Kier molecular flexibility index (Phi) is 6.37. The fraction of sp³-hybridized carbons (Fsp3) is 0.737. The molecule has 2 heterocycles. The number of hydrogen-bond acceptors (Lipinski definition) is 4. The van der Waals surface area contributed by atoms with E-state index in [0.717, 1.165) is 18.9 Å². The fourth-order valence-electron chi connectivity index (χ4n) is 3.30. The summed E-state index contributed by atoms with van der Waals surface area (Å²) < 4.78 is 45.3. The van der Waals surface area contributed by atoms with E-state index in [2.05, 4.69) is 17.1 Å². The molecule has 0 aliphatic carbocycles. The summed E-state index contributed by atoms with van der Waals surface area (Å²) in [6.07, 6.45) is -2.71. The quantitative estimate of drug-likeness (QED) is 0.750. The molecular formula is C19H28F3N3O2. The van der Waals surface area contributed by atoms with Gasteiger partial charge in [-0.1, -0.05) is 6.92 Å². The molecule has 0 N–H and O–H groups in total. The van der Waals surface area contributed by atoms with Crippen LogP contribution in [-0.4, -0.2) is 39.4 Å². The SMILES string of the molecule is Cc1cc(C(F)(F)F)c(CC[C@@H]2CC[C@H](C)CN2C(=O)OC(C)(C)C)nn1. The summed E-state index contributed by atoms with van der Waals surface area (Å²) in [5.41, 5.74) is -1.21. The molecule has 1 aliphatic heterocycles. The molecule has 0 radical (unpaired) electrons. The van der Waals surface area contributed by atoms with Gasteiger partial charge in [0.1, 0.15) is 5.60 Å². The zero-order valence-corrected chi connectivity index (χ0v) is 16.6. The van der Waals surface area contributed by atoms with Crippen LogP contribution in [0, 0.1) is 12.8 Å². The second-order valence-corrected chi connectivity index (χ2v) is 8.35. The number of hydrogen-bond donors (Lipinski definition) is 0. The van der Waals surface area contributed by atoms with Crippen LogP contribution in [0.3, 0.4) is 0 Å². The second kappa shape index (κ2) is 8.02. The van der Waals surface area contributed by atoms with Crippen LogP contribution in [-0.2, 0) is 17.3 Å². The molecule has 1 aromatic heterocycles. The van der Waals surface area contributed by atoms with Crippen molar-refractivity contribution in [2.24, 2.45) is 5.92 Å². The summed E-state index contributed by atoms with van der Waals surface area (Å²) in [6.45, 7) is 9.48. The van der Waals surface area contributed by atoms with Gasteiger partial charge in [-0.2, -0.15) is 23.4 Å². The number of carbonyl (C=O) groups excluding carboxylic acids is 1. The summed E-state index contributed by atoms with van der Waals surface area (Å²) in [5.74, 6) is 0.332. The highest BCUT2D eigenvalue weighted by molar-refractivity contribution is 5.68. The first-order valence-corrected chi connectivity index (χ1v) is 9.27. The van der Waals surface area contributed by atoms with Gasteiger partial charge < -0.3 is 9.64 Å². The third-order valence-corrected chi connectivity index (χ3v) is 4.58. The topological polar surface area (TPSA) is 55.3 Å². The Morgan fingerprint density at radius 1 is 1.26 bits per heavy atom. The van der Waals surface area contributed by atoms with Gasteiger partial charge >= 0.3 is 12.3 Å². The Morgan fingerprint density at radius 2 is 1.93 bits per heavy atom. The monoisotopic (exact) mass is 387 g/mol. The molecule has 1 fully saturated rings. The lowest BCUT2D eigenvalue weighted by Gasteiger charge is -2.39.